The lowest BCUT2D eigenvalue weighted by Crippen LogP contribution is -2.02. The van der Waals surface area contributed by atoms with Crippen LogP contribution in [0.3, 0.4) is 0 Å². The Morgan fingerprint density at radius 1 is 1.26 bits per heavy atom. The molecule has 0 saturated carbocycles. The number of benzene rings is 1. The van der Waals surface area contributed by atoms with Crippen molar-refractivity contribution in [1.29, 1.82) is 0 Å². The Bertz CT molecular complexity index is 642. The average Bonchev–Trinajstić information content (AvgIpc) is 2.93. The number of ether oxygens (including phenoxy) is 1. The number of thiophene rings is 1. The summed E-state index contributed by atoms with van der Waals surface area (Å²) >= 11 is 16.7. The first-order valence-corrected chi connectivity index (χ1v) is 8.00. The van der Waals surface area contributed by atoms with E-state index in [-0.39, 0.29) is 0 Å². The quantitative estimate of drug-likeness (QED) is 0.809. The normalized spacial score (nSPS) is 15.2. The Kier molecular flexibility index (Phi) is 3.80. The monoisotopic (exact) mass is 378 g/mol. The molecule has 1 unspecified atom stereocenters. The first-order valence-electron chi connectivity index (χ1n) is 5.64. The SMILES string of the molecule is OC(c1cc(Cl)sc1Cl)c1cc(Br)cc2c1OCC2. The molecular formula is C13H9BrCl2O2S. The van der Waals surface area contributed by atoms with Gasteiger partial charge < -0.3 is 9.84 Å². The zero-order valence-corrected chi connectivity index (χ0v) is 13.5. The van der Waals surface area contributed by atoms with E-state index in [2.05, 4.69) is 15.9 Å². The van der Waals surface area contributed by atoms with Crippen LogP contribution in [-0.2, 0) is 6.42 Å². The van der Waals surface area contributed by atoms with Crippen molar-refractivity contribution in [1.82, 2.24) is 0 Å². The van der Waals surface area contributed by atoms with Crippen LogP contribution in [0.5, 0.6) is 5.75 Å². The number of halogens is 3. The molecule has 6 heteroatoms. The van der Waals surface area contributed by atoms with Crippen LogP contribution in [0, 0.1) is 0 Å². The minimum Gasteiger partial charge on any atom is -0.493 e. The van der Waals surface area contributed by atoms with Crippen LogP contribution in [0.15, 0.2) is 22.7 Å². The summed E-state index contributed by atoms with van der Waals surface area (Å²) in [4.78, 5) is 0. The van der Waals surface area contributed by atoms with Gasteiger partial charge in [-0.3, -0.25) is 0 Å². The third-order valence-corrected chi connectivity index (χ3v) is 5.03. The molecule has 0 bridgehead atoms. The van der Waals surface area contributed by atoms with Crippen molar-refractivity contribution in [2.45, 2.75) is 12.5 Å². The molecule has 0 saturated heterocycles. The first-order chi connectivity index (χ1) is 9.06. The molecule has 0 aliphatic carbocycles. The van der Waals surface area contributed by atoms with Gasteiger partial charge in [0.25, 0.3) is 0 Å². The summed E-state index contributed by atoms with van der Waals surface area (Å²) in [5, 5.41) is 10.5. The van der Waals surface area contributed by atoms with E-state index in [1.807, 2.05) is 12.1 Å². The van der Waals surface area contributed by atoms with E-state index in [4.69, 9.17) is 27.9 Å². The second kappa shape index (κ2) is 5.26. The Labute approximate surface area is 133 Å². The molecule has 2 heterocycles. The van der Waals surface area contributed by atoms with Crippen LogP contribution in [0.1, 0.15) is 22.8 Å². The van der Waals surface area contributed by atoms with E-state index in [0.717, 1.165) is 27.8 Å². The van der Waals surface area contributed by atoms with E-state index >= 15 is 0 Å². The Hall–Kier alpha value is -0.260. The van der Waals surface area contributed by atoms with Gasteiger partial charge in [0, 0.05) is 22.0 Å². The molecule has 3 rings (SSSR count). The molecule has 0 radical (unpaired) electrons. The summed E-state index contributed by atoms with van der Waals surface area (Å²) in [5.41, 5.74) is 2.44. The summed E-state index contributed by atoms with van der Waals surface area (Å²) in [6.45, 7) is 0.642. The van der Waals surface area contributed by atoms with Gasteiger partial charge in [-0.2, -0.15) is 0 Å². The zero-order valence-electron chi connectivity index (χ0n) is 9.62. The lowest BCUT2D eigenvalue weighted by Gasteiger charge is -2.15. The Morgan fingerprint density at radius 3 is 2.74 bits per heavy atom. The largest absolute Gasteiger partial charge is 0.493 e. The van der Waals surface area contributed by atoms with Crippen LogP contribution >= 0.6 is 50.5 Å². The first kappa shape index (κ1) is 13.7. The van der Waals surface area contributed by atoms with Crippen molar-refractivity contribution < 1.29 is 9.84 Å². The van der Waals surface area contributed by atoms with Crippen molar-refractivity contribution in [3.05, 3.63) is 48.0 Å². The van der Waals surface area contributed by atoms with Crippen molar-refractivity contribution >= 4 is 50.5 Å². The van der Waals surface area contributed by atoms with Gasteiger partial charge in [-0.1, -0.05) is 39.1 Å². The molecule has 100 valence electrons. The van der Waals surface area contributed by atoms with E-state index in [0.29, 0.717) is 20.8 Å². The van der Waals surface area contributed by atoms with Gasteiger partial charge in [-0.25, -0.2) is 0 Å². The highest BCUT2D eigenvalue weighted by atomic mass is 79.9. The molecule has 1 aromatic heterocycles. The Balaban J connectivity index is 2.09. The van der Waals surface area contributed by atoms with E-state index in [1.54, 1.807) is 6.07 Å². The molecule has 2 aromatic rings. The number of fused-ring (bicyclic) bond motifs is 1. The minimum atomic E-state index is -0.833. The maximum Gasteiger partial charge on any atom is 0.128 e. The number of aliphatic hydroxyl groups excluding tert-OH is 1. The lowest BCUT2D eigenvalue weighted by molar-refractivity contribution is 0.214. The van der Waals surface area contributed by atoms with E-state index in [1.165, 1.54) is 11.3 Å². The second-order valence-electron chi connectivity index (χ2n) is 4.26. The van der Waals surface area contributed by atoms with Crippen LogP contribution in [0.25, 0.3) is 0 Å². The highest BCUT2D eigenvalue weighted by molar-refractivity contribution is 9.10. The zero-order chi connectivity index (χ0) is 13.6. The maximum absolute atomic E-state index is 10.5. The Morgan fingerprint density at radius 2 is 2.05 bits per heavy atom. The molecular weight excluding hydrogens is 371 g/mol. The van der Waals surface area contributed by atoms with Crippen molar-refractivity contribution in [3.63, 3.8) is 0 Å². The predicted octanol–water partition coefficient (Wildman–Crippen LogP) is 4.83. The summed E-state index contributed by atoms with van der Waals surface area (Å²) in [6, 6.07) is 5.57. The maximum atomic E-state index is 10.5. The molecule has 1 aliphatic heterocycles. The van der Waals surface area contributed by atoms with Crippen molar-refractivity contribution in [2.24, 2.45) is 0 Å². The predicted molar refractivity (Wildman–Crippen MR) is 81.7 cm³/mol. The number of hydrogen-bond donors (Lipinski definition) is 1. The van der Waals surface area contributed by atoms with Crippen molar-refractivity contribution in [3.8, 4) is 5.75 Å². The average molecular weight is 380 g/mol. The smallest absolute Gasteiger partial charge is 0.128 e. The van der Waals surface area contributed by atoms with Crippen LogP contribution in [0.4, 0.5) is 0 Å². The molecule has 19 heavy (non-hydrogen) atoms. The number of aliphatic hydroxyl groups is 1. The molecule has 0 spiro atoms. The van der Waals surface area contributed by atoms with E-state index < -0.39 is 6.10 Å². The molecule has 0 fully saturated rings. The van der Waals surface area contributed by atoms with Gasteiger partial charge in [0.15, 0.2) is 0 Å². The number of rotatable bonds is 2. The molecule has 1 aromatic carbocycles. The standard InChI is InChI=1S/C13H9BrCl2O2S/c14-7-3-6-1-2-18-12(6)8(4-7)11(17)9-5-10(15)19-13(9)16/h3-5,11,17H,1-2H2. The second-order valence-corrected chi connectivity index (χ2v) is 7.47. The molecule has 1 atom stereocenters. The van der Waals surface area contributed by atoms with Crippen LogP contribution in [0.2, 0.25) is 8.67 Å². The van der Waals surface area contributed by atoms with Crippen LogP contribution < -0.4 is 4.74 Å². The van der Waals surface area contributed by atoms with E-state index in [9.17, 15) is 5.11 Å². The van der Waals surface area contributed by atoms with Gasteiger partial charge in [0.05, 0.1) is 10.9 Å². The van der Waals surface area contributed by atoms with Gasteiger partial charge in [-0.15, -0.1) is 11.3 Å². The van der Waals surface area contributed by atoms with Crippen molar-refractivity contribution in [2.75, 3.05) is 6.61 Å². The fourth-order valence-electron chi connectivity index (χ4n) is 2.21. The summed E-state index contributed by atoms with van der Waals surface area (Å²) in [5.74, 6) is 0.758. The topological polar surface area (TPSA) is 29.5 Å². The lowest BCUT2D eigenvalue weighted by atomic mass is 10.0. The molecule has 0 amide bonds. The van der Waals surface area contributed by atoms with Gasteiger partial charge in [0.1, 0.15) is 16.2 Å². The molecule has 1 N–H and O–H groups in total. The van der Waals surface area contributed by atoms with Gasteiger partial charge in [-0.05, 0) is 23.8 Å². The third-order valence-electron chi connectivity index (χ3n) is 3.05. The highest BCUT2D eigenvalue weighted by Gasteiger charge is 2.25. The minimum absolute atomic E-state index is 0.504. The summed E-state index contributed by atoms with van der Waals surface area (Å²) in [6.07, 6.45) is 0.0210. The third kappa shape index (κ3) is 2.52. The highest BCUT2D eigenvalue weighted by Crippen LogP contribution is 2.43. The fraction of sp³-hybridized carbons (Fsp3) is 0.231. The number of hydrogen-bond acceptors (Lipinski definition) is 3. The fourth-order valence-corrected chi connectivity index (χ4v) is 4.25. The summed E-state index contributed by atoms with van der Waals surface area (Å²) < 4.78 is 7.61. The molecule has 1 aliphatic rings. The van der Waals surface area contributed by atoms with Gasteiger partial charge in [0.2, 0.25) is 0 Å². The molecule has 2 nitrogen and oxygen atoms in total. The van der Waals surface area contributed by atoms with Gasteiger partial charge >= 0.3 is 0 Å². The summed E-state index contributed by atoms with van der Waals surface area (Å²) in [7, 11) is 0. The van der Waals surface area contributed by atoms with Crippen LogP contribution in [-0.4, -0.2) is 11.7 Å².